The Morgan fingerprint density at radius 2 is 2.17 bits per heavy atom. The molecular formula is C12H12. The van der Waals surface area contributed by atoms with E-state index in [1.54, 1.807) is 0 Å². The monoisotopic (exact) mass is 156 g/mol. The second-order valence-electron chi connectivity index (χ2n) is 3.15. The normalized spacial score (nSPS) is 19.6. The molecule has 12 heavy (non-hydrogen) atoms. The fourth-order valence-electron chi connectivity index (χ4n) is 1.72. The van der Waals surface area contributed by atoms with Crippen molar-refractivity contribution in [1.29, 1.82) is 0 Å². The van der Waals surface area contributed by atoms with Crippen LogP contribution in [0, 0.1) is 6.42 Å². The van der Waals surface area contributed by atoms with Crippen molar-refractivity contribution in [3.8, 4) is 0 Å². The summed E-state index contributed by atoms with van der Waals surface area (Å²) in [5.74, 6) is 0.575. The summed E-state index contributed by atoms with van der Waals surface area (Å²) in [6.45, 7) is 1.99. The van der Waals surface area contributed by atoms with Gasteiger partial charge in [-0.15, -0.1) is 0 Å². The van der Waals surface area contributed by atoms with Crippen LogP contribution in [0.5, 0.6) is 0 Å². The minimum absolute atomic E-state index is 0.575. The maximum Gasteiger partial charge on any atom is 0.00328 e. The summed E-state index contributed by atoms with van der Waals surface area (Å²) in [7, 11) is 0. The van der Waals surface area contributed by atoms with Gasteiger partial charge in [-0.25, -0.2) is 0 Å². The highest BCUT2D eigenvalue weighted by atomic mass is 14.2. The van der Waals surface area contributed by atoms with Crippen LogP contribution < -0.4 is 0 Å². The van der Waals surface area contributed by atoms with Crippen molar-refractivity contribution in [2.75, 3.05) is 0 Å². The SMILES string of the molecule is C[C]CC1C=Cc2ccccc21. The summed E-state index contributed by atoms with van der Waals surface area (Å²) in [6.07, 6.45) is 8.71. The Labute approximate surface area is 73.9 Å². The Bertz CT molecular complexity index is 297. The zero-order chi connectivity index (χ0) is 8.39. The van der Waals surface area contributed by atoms with Gasteiger partial charge in [0.15, 0.2) is 0 Å². The molecule has 0 saturated carbocycles. The van der Waals surface area contributed by atoms with Gasteiger partial charge in [0.2, 0.25) is 0 Å². The fourth-order valence-corrected chi connectivity index (χ4v) is 1.72. The van der Waals surface area contributed by atoms with Gasteiger partial charge in [0.1, 0.15) is 0 Å². The van der Waals surface area contributed by atoms with Gasteiger partial charge in [0, 0.05) is 5.92 Å². The van der Waals surface area contributed by atoms with E-state index in [2.05, 4.69) is 42.8 Å². The molecule has 0 aliphatic heterocycles. The smallest absolute Gasteiger partial charge is 0.00328 e. The van der Waals surface area contributed by atoms with Crippen LogP contribution >= 0.6 is 0 Å². The van der Waals surface area contributed by atoms with Crippen molar-refractivity contribution in [2.24, 2.45) is 0 Å². The summed E-state index contributed by atoms with van der Waals surface area (Å²) >= 11 is 0. The molecule has 60 valence electrons. The predicted octanol–water partition coefficient (Wildman–Crippen LogP) is 3.29. The molecule has 0 spiro atoms. The van der Waals surface area contributed by atoms with Crippen molar-refractivity contribution < 1.29 is 0 Å². The molecule has 2 rings (SSSR count). The topological polar surface area (TPSA) is 0 Å². The van der Waals surface area contributed by atoms with Gasteiger partial charge >= 0.3 is 0 Å². The number of allylic oxidation sites excluding steroid dienone is 1. The lowest BCUT2D eigenvalue weighted by atomic mass is 9.97. The zero-order valence-corrected chi connectivity index (χ0v) is 7.25. The Balaban J connectivity index is 2.30. The van der Waals surface area contributed by atoms with Gasteiger partial charge in [0.05, 0.1) is 0 Å². The third-order valence-corrected chi connectivity index (χ3v) is 2.33. The van der Waals surface area contributed by atoms with Crippen LogP contribution in [0.25, 0.3) is 6.08 Å². The highest BCUT2D eigenvalue weighted by Gasteiger charge is 2.14. The van der Waals surface area contributed by atoms with Crippen LogP contribution in [0.3, 0.4) is 0 Å². The lowest BCUT2D eigenvalue weighted by Crippen LogP contribution is -1.91. The molecule has 0 heterocycles. The molecule has 0 fully saturated rings. The molecule has 1 aliphatic carbocycles. The molecule has 1 aromatic rings. The maximum atomic E-state index is 3.20. The van der Waals surface area contributed by atoms with E-state index in [0.717, 1.165) is 6.42 Å². The van der Waals surface area contributed by atoms with Crippen LogP contribution in [0.4, 0.5) is 0 Å². The van der Waals surface area contributed by atoms with Crippen LogP contribution in [0.2, 0.25) is 0 Å². The Kier molecular flexibility index (Phi) is 1.99. The molecule has 0 amide bonds. The first-order valence-electron chi connectivity index (χ1n) is 4.33. The predicted molar refractivity (Wildman–Crippen MR) is 51.8 cm³/mol. The Morgan fingerprint density at radius 3 is 3.00 bits per heavy atom. The minimum atomic E-state index is 0.575. The summed E-state index contributed by atoms with van der Waals surface area (Å²) in [5, 5.41) is 0. The largest absolute Gasteiger partial charge is 0.0764 e. The quantitative estimate of drug-likeness (QED) is 0.616. The van der Waals surface area contributed by atoms with E-state index in [4.69, 9.17) is 0 Å². The van der Waals surface area contributed by atoms with E-state index in [0.29, 0.717) is 5.92 Å². The molecule has 1 aliphatic rings. The number of rotatable bonds is 2. The summed E-state index contributed by atoms with van der Waals surface area (Å²) in [6, 6.07) is 8.57. The van der Waals surface area contributed by atoms with E-state index in [1.807, 2.05) is 6.92 Å². The standard InChI is InChI=1S/C12H12/c1-2-5-10-8-9-11-6-3-4-7-12(10)11/h3-4,6-10H,5H2,1H3. The van der Waals surface area contributed by atoms with E-state index < -0.39 is 0 Å². The van der Waals surface area contributed by atoms with Gasteiger partial charge in [-0.3, -0.25) is 0 Å². The van der Waals surface area contributed by atoms with Crippen molar-refractivity contribution >= 4 is 6.08 Å². The van der Waals surface area contributed by atoms with E-state index in [9.17, 15) is 0 Å². The third-order valence-electron chi connectivity index (χ3n) is 2.33. The van der Waals surface area contributed by atoms with Gasteiger partial charge in [-0.05, 0) is 24.0 Å². The number of hydrogen-bond donors (Lipinski definition) is 0. The second kappa shape index (κ2) is 3.14. The molecular weight excluding hydrogens is 144 g/mol. The van der Waals surface area contributed by atoms with Crippen molar-refractivity contribution in [1.82, 2.24) is 0 Å². The maximum absolute atomic E-state index is 3.20. The summed E-state index contributed by atoms with van der Waals surface area (Å²) in [5.41, 5.74) is 2.82. The molecule has 2 radical (unpaired) electrons. The van der Waals surface area contributed by atoms with Crippen molar-refractivity contribution in [2.45, 2.75) is 19.3 Å². The molecule has 0 N–H and O–H groups in total. The van der Waals surface area contributed by atoms with Crippen LogP contribution in [0.15, 0.2) is 30.3 Å². The highest BCUT2D eigenvalue weighted by molar-refractivity contribution is 5.62. The molecule has 1 atom stereocenters. The highest BCUT2D eigenvalue weighted by Crippen LogP contribution is 2.32. The van der Waals surface area contributed by atoms with E-state index in [-0.39, 0.29) is 0 Å². The molecule has 1 aromatic carbocycles. The van der Waals surface area contributed by atoms with Crippen LogP contribution in [0.1, 0.15) is 30.4 Å². The first-order valence-corrected chi connectivity index (χ1v) is 4.33. The van der Waals surface area contributed by atoms with E-state index in [1.165, 1.54) is 11.1 Å². The second-order valence-corrected chi connectivity index (χ2v) is 3.15. The van der Waals surface area contributed by atoms with Gasteiger partial charge in [-0.1, -0.05) is 43.3 Å². The molecule has 0 aromatic heterocycles. The van der Waals surface area contributed by atoms with Crippen molar-refractivity contribution in [3.63, 3.8) is 0 Å². The molecule has 0 bridgehead atoms. The van der Waals surface area contributed by atoms with Crippen LogP contribution in [-0.2, 0) is 0 Å². The van der Waals surface area contributed by atoms with E-state index >= 15 is 0 Å². The molecule has 1 unspecified atom stereocenters. The Hall–Kier alpha value is -1.04. The Morgan fingerprint density at radius 1 is 1.33 bits per heavy atom. The molecule has 0 nitrogen and oxygen atoms in total. The lowest BCUT2D eigenvalue weighted by molar-refractivity contribution is 0.833. The van der Waals surface area contributed by atoms with Crippen molar-refractivity contribution in [3.05, 3.63) is 47.9 Å². The first-order chi connectivity index (χ1) is 5.92. The molecule has 0 heteroatoms. The van der Waals surface area contributed by atoms with Gasteiger partial charge < -0.3 is 0 Å². The van der Waals surface area contributed by atoms with Gasteiger partial charge in [0.25, 0.3) is 0 Å². The summed E-state index contributed by atoms with van der Waals surface area (Å²) in [4.78, 5) is 0. The molecule has 0 saturated heterocycles. The number of fused-ring (bicyclic) bond motifs is 1. The number of benzene rings is 1. The van der Waals surface area contributed by atoms with Gasteiger partial charge in [-0.2, -0.15) is 0 Å². The van der Waals surface area contributed by atoms with Crippen LogP contribution in [-0.4, -0.2) is 0 Å². The summed E-state index contributed by atoms with van der Waals surface area (Å²) < 4.78 is 0. The first kappa shape index (κ1) is 7.60. The number of hydrogen-bond acceptors (Lipinski definition) is 0. The minimum Gasteiger partial charge on any atom is -0.0764 e. The fraction of sp³-hybridized carbons (Fsp3) is 0.250. The average molecular weight is 156 g/mol. The average Bonchev–Trinajstić information content (AvgIpc) is 2.50. The zero-order valence-electron chi connectivity index (χ0n) is 7.25. The lowest BCUT2D eigenvalue weighted by Gasteiger charge is -2.07. The third kappa shape index (κ3) is 1.18.